The van der Waals surface area contributed by atoms with Crippen LogP contribution in [0.3, 0.4) is 0 Å². The van der Waals surface area contributed by atoms with Crippen molar-refractivity contribution in [3.8, 4) is 11.3 Å². The minimum absolute atomic E-state index is 0.0586. The smallest absolute Gasteiger partial charge is 0.270 e. The van der Waals surface area contributed by atoms with E-state index in [2.05, 4.69) is 0 Å². The van der Waals surface area contributed by atoms with E-state index in [0.717, 1.165) is 0 Å². The van der Waals surface area contributed by atoms with E-state index in [-0.39, 0.29) is 28.1 Å². The molecule has 1 aromatic heterocycles. The molecule has 2 heterocycles. The van der Waals surface area contributed by atoms with Crippen molar-refractivity contribution in [3.63, 3.8) is 0 Å². The molecule has 3 aliphatic rings. The topological polar surface area (TPSA) is 99.7 Å². The molecule has 1 aromatic carbocycles. The van der Waals surface area contributed by atoms with E-state index in [9.17, 15) is 19.7 Å². The van der Waals surface area contributed by atoms with Crippen LogP contribution < -0.4 is 0 Å². The number of carbonyl (C=O) groups excluding carboxylic acids is 2. The number of halogens is 1. The molecule has 35 heavy (non-hydrogen) atoms. The number of nitrogens with zero attached hydrogens (tertiary/aromatic N) is 1. The molecule has 0 amide bonds. The summed E-state index contributed by atoms with van der Waals surface area (Å²) in [5.74, 6) is 1.17. The maximum atomic E-state index is 13.4. The third-order valence-electron chi connectivity index (χ3n) is 6.92. The van der Waals surface area contributed by atoms with Crippen LogP contribution in [-0.2, 0) is 14.3 Å². The number of nitro benzene ring substituents is 1. The number of ether oxygens (including phenoxy) is 1. The van der Waals surface area contributed by atoms with Gasteiger partial charge >= 0.3 is 0 Å². The van der Waals surface area contributed by atoms with Gasteiger partial charge < -0.3 is 9.15 Å². The summed E-state index contributed by atoms with van der Waals surface area (Å²) in [5.41, 5.74) is 0.701. The normalized spacial score (nSPS) is 21.5. The van der Waals surface area contributed by atoms with Crippen LogP contribution in [0.1, 0.15) is 65.1 Å². The number of carbonyl (C=O) groups is 2. The molecule has 0 radical (unpaired) electrons. The van der Waals surface area contributed by atoms with Crippen LogP contribution in [0.4, 0.5) is 5.69 Å². The number of rotatable bonds is 3. The average molecular weight is 496 g/mol. The zero-order valence-electron chi connectivity index (χ0n) is 20.1. The van der Waals surface area contributed by atoms with Crippen molar-refractivity contribution < 1.29 is 23.7 Å². The van der Waals surface area contributed by atoms with Gasteiger partial charge in [0.05, 0.1) is 15.9 Å². The number of hydrogen-bond donors (Lipinski definition) is 0. The van der Waals surface area contributed by atoms with Crippen LogP contribution in [0.15, 0.2) is 57.4 Å². The molecule has 0 atom stereocenters. The van der Waals surface area contributed by atoms with Crippen LogP contribution in [0.2, 0.25) is 5.02 Å². The van der Waals surface area contributed by atoms with E-state index in [4.69, 9.17) is 20.8 Å². The first-order valence-corrected chi connectivity index (χ1v) is 12.0. The standard InChI is InChI=1S/C27H26ClNO6/c1-26(2)10-17(30)23-21(12-26)35-22-13-27(3,4)11-18(31)24(22)25(23)20-8-7-19(34-20)15-9-14(29(32)33)5-6-16(15)28/h5-9,25H,10-13H2,1-4H3. The number of ketones is 2. The molecule has 8 heteroatoms. The first-order valence-electron chi connectivity index (χ1n) is 11.6. The van der Waals surface area contributed by atoms with Gasteiger partial charge in [-0.2, -0.15) is 0 Å². The molecule has 5 rings (SSSR count). The van der Waals surface area contributed by atoms with Crippen molar-refractivity contribution in [3.05, 3.63) is 73.9 Å². The second-order valence-corrected chi connectivity index (χ2v) is 11.6. The highest BCUT2D eigenvalue weighted by molar-refractivity contribution is 6.33. The second-order valence-electron chi connectivity index (χ2n) is 11.2. The fourth-order valence-corrected chi connectivity index (χ4v) is 5.64. The van der Waals surface area contributed by atoms with E-state index in [1.54, 1.807) is 12.1 Å². The Morgan fingerprint density at radius 2 is 1.49 bits per heavy atom. The van der Waals surface area contributed by atoms with Crippen molar-refractivity contribution in [2.75, 3.05) is 0 Å². The van der Waals surface area contributed by atoms with Gasteiger partial charge in [-0.25, -0.2) is 0 Å². The highest BCUT2D eigenvalue weighted by atomic mass is 35.5. The predicted octanol–water partition coefficient (Wildman–Crippen LogP) is 6.91. The van der Waals surface area contributed by atoms with Crippen LogP contribution in [-0.4, -0.2) is 16.5 Å². The van der Waals surface area contributed by atoms with Gasteiger partial charge in [0.1, 0.15) is 23.0 Å². The van der Waals surface area contributed by atoms with Gasteiger partial charge in [-0.1, -0.05) is 39.3 Å². The fraction of sp³-hybridized carbons (Fsp3) is 0.407. The lowest BCUT2D eigenvalue weighted by molar-refractivity contribution is -0.384. The van der Waals surface area contributed by atoms with Gasteiger partial charge in [-0.05, 0) is 29.0 Å². The van der Waals surface area contributed by atoms with Crippen LogP contribution in [0.5, 0.6) is 0 Å². The van der Waals surface area contributed by atoms with E-state index in [1.165, 1.54) is 18.2 Å². The zero-order valence-corrected chi connectivity index (χ0v) is 20.8. The first-order chi connectivity index (χ1) is 16.3. The Morgan fingerprint density at radius 1 is 0.914 bits per heavy atom. The molecule has 7 nitrogen and oxygen atoms in total. The van der Waals surface area contributed by atoms with Crippen LogP contribution in [0, 0.1) is 20.9 Å². The van der Waals surface area contributed by atoms with Gasteiger partial charge in [0, 0.05) is 54.5 Å². The molecule has 0 bridgehead atoms. The van der Waals surface area contributed by atoms with E-state index >= 15 is 0 Å². The Kier molecular flexibility index (Phi) is 5.33. The van der Waals surface area contributed by atoms with Gasteiger partial charge in [-0.15, -0.1) is 0 Å². The molecule has 0 spiro atoms. The quantitative estimate of drug-likeness (QED) is 0.339. The number of allylic oxidation sites excluding steroid dienone is 4. The molecule has 0 unspecified atom stereocenters. The Hall–Kier alpha value is -3.19. The number of benzene rings is 1. The number of Topliss-reactive ketones (excluding diaryl/α,β-unsaturated/α-hetero) is 2. The number of hydrogen-bond acceptors (Lipinski definition) is 6. The van der Waals surface area contributed by atoms with Crippen molar-refractivity contribution in [1.29, 1.82) is 0 Å². The summed E-state index contributed by atoms with van der Waals surface area (Å²) in [6.07, 6.45) is 1.86. The molecule has 0 saturated carbocycles. The molecule has 0 saturated heterocycles. The van der Waals surface area contributed by atoms with E-state index in [0.29, 0.717) is 70.5 Å². The number of non-ortho nitro benzene ring substituents is 1. The van der Waals surface area contributed by atoms with Gasteiger partial charge in [0.2, 0.25) is 0 Å². The Labute approximate surface area is 207 Å². The van der Waals surface area contributed by atoms with E-state index < -0.39 is 10.8 Å². The summed E-state index contributed by atoms with van der Waals surface area (Å²) < 4.78 is 12.5. The molecular formula is C27H26ClNO6. The lowest BCUT2D eigenvalue weighted by Gasteiger charge is -2.42. The minimum atomic E-state index is -0.674. The van der Waals surface area contributed by atoms with Crippen molar-refractivity contribution in [1.82, 2.24) is 0 Å². The Balaban J connectivity index is 1.66. The molecular weight excluding hydrogens is 470 g/mol. The molecule has 182 valence electrons. The predicted molar refractivity (Wildman–Crippen MR) is 130 cm³/mol. The minimum Gasteiger partial charge on any atom is -0.465 e. The van der Waals surface area contributed by atoms with Crippen molar-refractivity contribution >= 4 is 28.9 Å². The maximum absolute atomic E-state index is 13.4. The summed E-state index contributed by atoms with van der Waals surface area (Å²) in [4.78, 5) is 37.5. The van der Waals surface area contributed by atoms with Gasteiger partial charge in [-0.3, -0.25) is 19.7 Å². The fourth-order valence-electron chi connectivity index (χ4n) is 5.43. The van der Waals surface area contributed by atoms with Gasteiger partial charge in [0.15, 0.2) is 11.6 Å². The summed E-state index contributed by atoms with van der Waals surface area (Å²) in [6, 6.07) is 7.52. The van der Waals surface area contributed by atoms with Crippen molar-refractivity contribution in [2.45, 2.75) is 59.3 Å². The average Bonchev–Trinajstić information content (AvgIpc) is 3.20. The largest absolute Gasteiger partial charge is 0.465 e. The monoisotopic (exact) mass is 495 g/mol. The molecule has 2 aliphatic carbocycles. The van der Waals surface area contributed by atoms with Gasteiger partial charge in [0.25, 0.3) is 5.69 Å². The lowest BCUT2D eigenvalue weighted by atomic mass is 9.66. The SMILES string of the molecule is CC1(C)CC(=O)C2=C(C1)OC1=C(C(=O)CC(C)(C)C1)C2c1ccc(-c2cc([N+](=O)[O-])ccc2Cl)o1. The van der Waals surface area contributed by atoms with Crippen molar-refractivity contribution in [2.24, 2.45) is 10.8 Å². The molecule has 0 N–H and O–H groups in total. The Bertz CT molecular complexity index is 1310. The number of furan rings is 1. The highest BCUT2D eigenvalue weighted by Gasteiger charge is 2.48. The lowest BCUT2D eigenvalue weighted by Crippen LogP contribution is -2.37. The van der Waals surface area contributed by atoms with Crippen LogP contribution >= 0.6 is 11.6 Å². The summed E-state index contributed by atoms with van der Waals surface area (Å²) >= 11 is 6.33. The third kappa shape index (κ3) is 4.12. The van der Waals surface area contributed by atoms with Crippen LogP contribution in [0.25, 0.3) is 11.3 Å². The highest BCUT2D eigenvalue weighted by Crippen LogP contribution is 2.53. The molecule has 0 fully saturated rings. The summed E-state index contributed by atoms with van der Waals surface area (Å²) in [7, 11) is 0. The summed E-state index contributed by atoms with van der Waals surface area (Å²) in [6.45, 7) is 8.12. The third-order valence-corrected chi connectivity index (χ3v) is 7.25. The first kappa shape index (κ1) is 23.5. The molecule has 2 aromatic rings. The summed E-state index contributed by atoms with van der Waals surface area (Å²) in [5, 5.41) is 11.6. The number of nitro groups is 1. The second kappa shape index (κ2) is 7.92. The Morgan fingerprint density at radius 3 is 2.03 bits per heavy atom. The maximum Gasteiger partial charge on any atom is 0.270 e. The van der Waals surface area contributed by atoms with E-state index in [1.807, 2.05) is 27.7 Å². The zero-order chi connectivity index (χ0) is 25.3. The molecule has 1 aliphatic heterocycles.